The second-order valence-electron chi connectivity index (χ2n) is 5.25. The van der Waals surface area contributed by atoms with Crippen molar-refractivity contribution in [3.63, 3.8) is 0 Å². The van der Waals surface area contributed by atoms with Crippen molar-refractivity contribution in [1.29, 1.82) is 0 Å². The third kappa shape index (κ3) is 12.6. The van der Waals surface area contributed by atoms with Crippen LogP contribution in [0.25, 0.3) is 0 Å². The second kappa shape index (κ2) is 12.7. The summed E-state index contributed by atoms with van der Waals surface area (Å²) in [5.41, 5.74) is 0.652. The molecule has 1 aromatic carbocycles. The Labute approximate surface area is 189 Å². The van der Waals surface area contributed by atoms with Gasteiger partial charge in [-0.1, -0.05) is 30.3 Å². The van der Waals surface area contributed by atoms with Crippen molar-refractivity contribution in [1.82, 2.24) is 10.6 Å². The molecule has 2 N–H and O–H groups in total. The molecule has 0 atom stereocenters. The van der Waals surface area contributed by atoms with Gasteiger partial charge in [0.15, 0.2) is 0 Å². The van der Waals surface area contributed by atoms with Gasteiger partial charge in [0, 0.05) is 5.56 Å². The fraction of sp³-hybridized carbons (Fsp3) is 0.333. The Hall–Kier alpha value is -1.96. The molecule has 1 rings (SSSR count). The molecule has 30 heavy (non-hydrogen) atoms. The SMILES string of the molecule is CC(=N\N=C(/[S-])NCC(F)(F)F)/C(=N/N=C(\[S-])NCC(F)(F)F)c1ccccc1.[Cu+2]. The van der Waals surface area contributed by atoms with Crippen molar-refractivity contribution in [2.45, 2.75) is 19.3 Å². The molecule has 0 aliphatic rings. The molecule has 0 unspecified atom stereocenters. The van der Waals surface area contributed by atoms with Crippen LogP contribution in [0.1, 0.15) is 12.5 Å². The van der Waals surface area contributed by atoms with E-state index >= 15 is 0 Å². The number of alkyl halides is 6. The van der Waals surface area contributed by atoms with Crippen LogP contribution in [0.3, 0.4) is 0 Å². The van der Waals surface area contributed by atoms with Gasteiger partial charge in [0.1, 0.15) is 18.8 Å². The predicted molar refractivity (Wildman–Crippen MR) is 104 cm³/mol. The van der Waals surface area contributed by atoms with Crippen LogP contribution in [-0.2, 0) is 42.3 Å². The number of hydrogen-bond donors (Lipinski definition) is 2. The molecule has 0 saturated carbocycles. The van der Waals surface area contributed by atoms with Gasteiger partial charge in [0.2, 0.25) is 0 Å². The average molecular weight is 520 g/mol. The van der Waals surface area contributed by atoms with Gasteiger partial charge in [0.25, 0.3) is 0 Å². The molecule has 0 saturated heterocycles. The Kier molecular flexibility index (Phi) is 11.8. The minimum atomic E-state index is -4.49. The van der Waals surface area contributed by atoms with E-state index < -0.39 is 35.8 Å². The van der Waals surface area contributed by atoms with E-state index in [0.717, 1.165) is 0 Å². The monoisotopic (exact) mass is 519 g/mol. The van der Waals surface area contributed by atoms with E-state index in [9.17, 15) is 26.3 Å². The number of rotatable bonds is 6. The molecule has 0 amide bonds. The van der Waals surface area contributed by atoms with Crippen LogP contribution in [0, 0.1) is 0 Å². The summed E-state index contributed by atoms with van der Waals surface area (Å²) in [5, 5.41) is 17.2. The van der Waals surface area contributed by atoms with E-state index in [1.807, 2.05) is 10.6 Å². The zero-order valence-electron chi connectivity index (χ0n) is 15.0. The molecular formula is C15H14CuF6N6S2. The summed E-state index contributed by atoms with van der Waals surface area (Å²) in [6.45, 7) is -1.34. The summed E-state index contributed by atoms with van der Waals surface area (Å²) in [6.07, 6.45) is -8.96. The van der Waals surface area contributed by atoms with Gasteiger partial charge in [0.05, 0.1) is 5.71 Å². The van der Waals surface area contributed by atoms with E-state index in [4.69, 9.17) is 0 Å². The van der Waals surface area contributed by atoms with Crippen LogP contribution in [0.4, 0.5) is 26.3 Å². The zero-order valence-corrected chi connectivity index (χ0v) is 17.6. The van der Waals surface area contributed by atoms with Crippen LogP contribution in [-0.4, -0.2) is 47.2 Å². The quantitative estimate of drug-likeness (QED) is 0.151. The smallest absolute Gasteiger partial charge is 0.741 e. The molecular weight excluding hydrogens is 506 g/mol. The maximum Gasteiger partial charge on any atom is 2.00 e. The molecule has 0 aliphatic carbocycles. The van der Waals surface area contributed by atoms with Crippen molar-refractivity contribution in [3.8, 4) is 0 Å². The van der Waals surface area contributed by atoms with Crippen LogP contribution in [0.5, 0.6) is 0 Å². The molecule has 15 heteroatoms. The Morgan fingerprint density at radius 2 is 1.23 bits per heavy atom. The summed E-state index contributed by atoms with van der Waals surface area (Å²) < 4.78 is 73.1. The zero-order chi connectivity index (χ0) is 22.1. The van der Waals surface area contributed by atoms with Crippen molar-refractivity contribution < 1.29 is 43.4 Å². The second-order valence-corrected chi connectivity index (χ2v) is 6.02. The Morgan fingerprint density at radius 3 is 1.67 bits per heavy atom. The molecule has 0 fully saturated rings. The number of amidine groups is 2. The summed E-state index contributed by atoms with van der Waals surface area (Å²) in [7, 11) is 0. The molecule has 0 heterocycles. The summed E-state index contributed by atoms with van der Waals surface area (Å²) in [6, 6.07) is 8.25. The Bertz CT molecular complexity index is 793. The van der Waals surface area contributed by atoms with E-state index in [-0.39, 0.29) is 28.5 Å². The van der Waals surface area contributed by atoms with Crippen molar-refractivity contribution in [2.75, 3.05) is 13.1 Å². The Balaban J connectivity index is 0.00000841. The molecule has 0 spiro atoms. The van der Waals surface area contributed by atoms with E-state index in [1.165, 1.54) is 6.92 Å². The number of nitrogens with zero attached hydrogens (tertiary/aromatic N) is 4. The maximum atomic E-state index is 12.2. The minimum absolute atomic E-state index is 0. The predicted octanol–water partition coefficient (Wildman–Crippen LogP) is 2.87. The molecule has 169 valence electrons. The first-order chi connectivity index (χ1) is 13.4. The van der Waals surface area contributed by atoms with Gasteiger partial charge in [-0.25, -0.2) is 0 Å². The van der Waals surface area contributed by atoms with Crippen molar-refractivity contribution in [2.24, 2.45) is 20.4 Å². The van der Waals surface area contributed by atoms with E-state index in [1.54, 1.807) is 30.3 Å². The van der Waals surface area contributed by atoms with Crippen LogP contribution in [0.15, 0.2) is 50.7 Å². The molecule has 0 aromatic heterocycles. The summed E-state index contributed by atoms with van der Waals surface area (Å²) in [4.78, 5) is 0. The van der Waals surface area contributed by atoms with Gasteiger partial charge < -0.3 is 35.9 Å². The number of hydrogen-bond acceptors (Lipinski definition) is 6. The van der Waals surface area contributed by atoms with Gasteiger partial charge >= 0.3 is 29.4 Å². The molecule has 0 bridgehead atoms. The standard InChI is InChI=1S/C15H16F6N6S2.Cu/c1-9(24-26-12(28)22-7-14(16,17)18)11(10-5-3-2-4-6-10)25-27-13(29)23-8-15(19,20)21;/h2-6H,7-8H2,1H3,(H2,22,26,28)(H2,23,27,29);/q;+2/p-2/b24-9+,25-11-;. The van der Waals surface area contributed by atoms with Crippen molar-refractivity contribution in [3.05, 3.63) is 35.9 Å². The average Bonchev–Trinajstić information content (AvgIpc) is 2.63. The molecule has 1 radical (unpaired) electrons. The number of nitrogens with one attached hydrogen (secondary N) is 2. The largest absolute Gasteiger partial charge is 2.00 e. The van der Waals surface area contributed by atoms with Gasteiger partial charge in [-0.05, 0) is 17.3 Å². The van der Waals surface area contributed by atoms with Gasteiger partial charge in [-0.3, -0.25) is 0 Å². The van der Waals surface area contributed by atoms with Crippen LogP contribution < -0.4 is 10.6 Å². The third-order valence-corrected chi connectivity index (χ3v) is 3.25. The van der Waals surface area contributed by atoms with Crippen molar-refractivity contribution >= 4 is 47.0 Å². The Morgan fingerprint density at radius 1 is 0.800 bits per heavy atom. The molecule has 6 nitrogen and oxygen atoms in total. The topological polar surface area (TPSA) is 73.5 Å². The summed E-state index contributed by atoms with van der Waals surface area (Å²) >= 11 is 9.30. The molecule has 0 aliphatic heterocycles. The van der Waals surface area contributed by atoms with E-state index in [2.05, 4.69) is 45.7 Å². The molecule has 1 aromatic rings. The van der Waals surface area contributed by atoms with Gasteiger partial charge in [-0.15, -0.1) is 5.10 Å². The normalized spacial score (nSPS) is 14.2. The number of benzene rings is 1. The number of halogens is 6. The first-order valence-corrected chi connectivity index (χ1v) is 8.48. The summed E-state index contributed by atoms with van der Waals surface area (Å²) in [5.74, 6) is 0. The van der Waals surface area contributed by atoms with Crippen LogP contribution in [0.2, 0.25) is 0 Å². The van der Waals surface area contributed by atoms with Gasteiger partial charge in [-0.2, -0.15) is 41.6 Å². The fourth-order valence-electron chi connectivity index (χ4n) is 1.62. The first-order valence-electron chi connectivity index (χ1n) is 7.66. The van der Waals surface area contributed by atoms with E-state index in [0.29, 0.717) is 5.56 Å². The van der Waals surface area contributed by atoms with Crippen LogP contribution >= 0.6 is 0 Å². The third-order valence-electron chi connectivity index (χ3n) is 2.80. The minimum Gasteiger partial charge on any atom is -0.741 e. The fourth-order valence-corrected chi connectivity index (χ4v) is 1.85. The first kappa shape index (κ1) is 28.0. The maximum absolute atomic E-state index is 12.2.